The maximum Gasteiger partial charge on any atom is 0.165 e. The third-order valence-electron chi connectivity index (χ3n) is 3.17. The van der Waals surface area contributed by atoms with Crippen LogP contribution in [-0.4, -0.2) is 9.97 Å². The van der Waals surface area contributed by atoms with Gasteiger partial charge < -0.3 is 5.43 Å². The number of anilines is 1. The van der Waals surface area contributed by atoms with Crippen LogP contribution in [-0.2, 0) is 0 Å². The fraction of sp³-hybridized carbons (Fsp3) is 0.0667. The summed E-state index contributed by atoms with van der Waals surface area (Å²) < 4.78 is 14.2. The summed E-state index contributed by atoms with van der Waals surface area (Å²) in [6.45, 7) is 1.71. The van der Waals surface area contributed by atoms with Gasteiger partial charge in [0.25, 0.3) is 0 Å². The average Bonchev–Trinajstić information content (AvgIpc) is 2.49. The molecule has 3 aromatic rings. The highest BCUT2D eigenvalue weighted by Crippen LogP contribution is 2.26. The lowest BCUT2D eigenvalue weighted by Gasteiger charge is -2.09. The molecule has 2 aromatic carbocycles. The van der Waals surface area contributed by atoms with Gasteiger partial charge in [-0.2, -0.15) is 0 Å². The second-order valence-electron chi connectivity index (χ2n) is 4.49. The molecule has 3 N–H and O–H groups in total. The molecule has 3 rings (SSSR count). The third kappa shape index (κ3) is 1.98. The summed E-state index contributed by atoms with van der Waals surface area (Å²) in [7, 11) is 0. The molecule has 0 unspecified atom stereocenters. The number of nitrogens with one attached hydrogen (secondary N) is 1. The molecule has 0 saturated carbocycles. The van der Waals surface area contributed by atoms with Crippen LogP contribution in [0.25, 0.3) is 22.3 Å². The van der Waals surface area contributed by atoms with Gasteiger partial charge in [-0.25, -0.2) is 20.2 Å². The normalized spacial score (nSPS) is 10.8. The van der Waals surface area contributed by atoms with E-state index in [1.54, 1.807) is 25.1 Å². The molecular weight excluding hydrogens is 255 g/mol. The van der Waals surface area contributed by atoms with E-state index in [1.807, 2.05) is 24.3 Å². The topological polar surface area (TPSA) is 63.8 Å². The molecule has 0 radical (unpaired) electrons. The minimum atomic E-state index is -0.314. The zero-order valence-corrected chi connectivity index (χ0v) is 10.9. The van der Waals surface area contributed by atoms with Crippen molar-refractivity contribution in [2.75, 3.05) is 5.43 Å². The van der Waals surface area contributed by atoms with E-state index < -0.39 is 0 Å². The molecule has 4 nitrogen and oxygen atoms in total. The molecule has 0 aliphatic heterocycles. The SMILES string of the molecule is Cc1cccc(-c2nc(NN)c3ccccc3n2)c1F. The number of rotatable bonds is 2. The van der Waals surface area contributed by atoms with Crippen LogP contribution in [0.3, 0.4) is 0 Å². The fourth-order valence-corrected chi connectivity index (χ4v) is 2.13. The fourth-order valence-electron chi connectivity index (χ4n) is 2.13. The van der Waals surface area contributed by atoms with Crippen LogP contribution < -0.4 is 11.3 Å². The summed E-state index contributed by atoms with van der Waals surface area (Å²) in [5.74, 6) is 5.98. The van der Waals surface area contributed by atoms with E-state index >= 15 is 0 Å². The number of benzene rings is 2. The van der Waals surface area contributed by atoms with Crippen molar-refractivity contribution in [2.45, 2.75) is 6.92 Å². The Labute approximate surface area is 115 Å². The number of aromatic nitrogens is 2. The van der Waals surface area contributed by atoms with Crippen molar-refractivity contribution in [3.05, 3.63) is 53.8 Å². The van der Waals surface area contributed by atoms with Crippen LogP contribution in [0.2, 0.25) is 0 Å². The van der Waals surface area contributed by atoms with Gasteiger partial charge in [0, 0.05) is 5.39 Å². The first-order valence-electron chi connectivity index (χ1n) is 6.19. The van der Waals surface area contributed by atoms with E-state index in [0.29, 0.717) is 28.3 Å². The standard InChI is InChI=1S/C15H13FN4/c1-9-5-4-7-11(13(9)16)14-18-12-8-3-2-6-10(12)15(19-14)20-17/h2-8H,17H2,1H3,(H,18,19,20). The van der Waals surface area contributed by atoms with Gasteiger partial charge in [0.15, 0.2) is 11.6 Å². The average molecular weight is 268 g/mol. The van der Waals surface area contributed by atoms with Gasteiger partial charge in [-0.3, -0.25) is 0 Å². The molecular formula is C15H13FN4. The van der Waals surface area contributed by atoms with Gasteiger partial charge in [-0.15, -0.1) is 0 Å². The van der Waals surface area contributed by atoms with E-state index in [9.17, 15) is 4.39 Å². The molecule has 0 aliphatic carbocycles. The highest BCUT2D eigenvalue weighted by atomic mass is 19.1. The van der Waals surface area contributed by atoms with Crippen molar-refractivity contribution in [1.29, 1.82) is 0 Å². The minimum absolute atomic E-state index is 0.314. The lowest BCUT2D eigenvalue weighted by Crippen LogP contribution is -2.10. The first kappa shape index (κ1) is 12.5. The van der Waals surface area contributed by atoms with E-state index in [4.69, 9.17) is 5.84 Å². The zero-order chi connectivity index (χ0) is 14.1. The number of aryl methyl sites for hydroxylation is 1. The molecule has 5 heteroatoms. The quantitative estimate of drug-likeness (QED) is 0.554. The number of hydrogen-bond donors (Lipinski definition) is 2. The Hall–Kier alpha value is -2.53. The van der Waals surface area contributed by atoms with Crippen LogP contribution in [0, 0.1) is 12.7 Å². The van der Waals surface area contributed by atoms with Gasteiger partial charge in [0.1, 0.15) is 5.82 Å². The summed E-state index contributed by atoms with van der Waals surface area (Å²) in [6, 6.07) is 12.6. The van der Waals surface area contributed by atoms with Crippen LogP contribution in [0.4, 0.5) is 10.2 Å². The molecule has 20 heavy (non-hydrogen) atoms. The molecule has 1 aromatic heterocycles. The van der Waals surface area contributed by atoms with Crippen LogP contribution in [0.15, 0.2) is 42.5 Å². The highest BCUT2D eigenvalue weighted by Gasteiger charge is 2.13. The maximum atomic E-state index is 14.2. The predicted octanol–water partition coefficient (Wildman–Crippen LogP) is 3.03. The largest absolute Gasteiger partial charge is 0.308 e. The van der Waals surface area contributed by atoms with E-state index in [2.05, 4.69) is 15.4 Å². The Kier molecular flexibility index (Phi) is 3.04. The maximum absolute atomic E-state index is 14.2. The number of hydrogen-bond acceptors (Lipinski definition) is 4. The number of para-hydroxylation sites is 1. The Morgan fingerprint density at radius 3 is 2.65 bits per heavy atom. The number of fused-ring (bicyclic) bond motifs is 1. The van der Waals surface area contributed by atoms with Gasteiger partial charge in [-0.1, -0.05) is 24.3 Å². The summed E-state index contributed by atoms with van der Waals surface area (Å²) in [5.41, 5.74) is 4.18. The molecule has 0 atom stereocenters. The molecule has 0 bridgehead atoms. The van der Waals surface area contributed by atoms with Gasteiger partial charge in [0.05, 0.1) is 11.1 Å². The molecule has 100 valence electrons. The summed E-state index contributed by atoms with van der Waals surface area (Å²) in [6.07, 6.45) is 0. The van der Waals surface area contributed by atoms with Crippen molar-refractivity contribution in [2.24, 2.45) is 5.84 Å². The second kappa shape index (κ2) is 4.86. The van der Waals surface area contributed by atoms with Gasteiger partial charge in [0.2, 0.25) is 0 Å². The lowest BCUT2D eigenvalue weighted by molar-refractivity contribution is 0.621. The minimum Gasteiger partial charge on any atom is -0.308 e. The van der Waals surface area contributed by atoms with Crippen molar-refractivity contribution in [3.8, 4) is 11.4 Å². The zero-order valence-electron chi connectivity index (χ0n) is 10.9. The van der Waals surface area contributed by atoms with E-state index in [-0.39, 0.29) is 5.82 Å². The Balaban J connectivity index is 2.29. The molecule has 0 aliphatic rings. The monoisotopic (exact) mass is 268 g/mol. The lowest BCUT2D eigenvalue weighted by atomic mass is 10.1. The van der Waals surface area contributed by atoms with Crippen LogP contribution >= 0.6 is 0 Å². The van der Waals surface area contributed by atoms with Crippen molar-refractivity contribution < 1.29 is 4.39 Å². The number of nitrogen functional groups attached to an aromatic ring is 1. The molecule has 0 amide bonds. The second-order valence-corrected chi connectivity index (χ2v) is 4.49. The number of nitrogens with two attached hydrogens (primary N) is 1. The van der Waals surface area contributed by atoms with Gasteiger partial charge in [-0.05, 0) is 30.7 Å². The molecule has 0 fully saturated rings. The van der Waals surface area contributed by atoms with Crippen LogP contribution in [0.1, 0.15) is 5.56 Å². The first-order chi connectivity index (χ1) is 9.70. The predicted molar refractivity (Wildman–Crippen MR) is 77.5 cm³/mol. The highest BCUT2D eigenvalue weighted by molar-refractivity contribution is 5.90. The first-order valence-corrected chi connectivity index (χ1v) is 6.19. The van der Waals surface area contributed by atoms with Crippen molar-refractivity contribution >= 4 is 16.7 Å². The Morgan fingerprint density at radius 2 is 1.85 bits per heavy atom. The number of hydrazine groups is 1. The van der Waals surface area contributed by atoms with Crippen molar-refractivity contribution in [1.82, 2.24) is 9.97 Å². The van der Waals surface area contributed by atoms with Gasteiger partial charge >= 0.3 is 0 Å². The number of halogens is 1. The Morgan fingerprint density at radius 1 is 1.05 bits per heavy atom. The summed E-state index contributed by atoms with van der Waals surface area (Å²) in [5, 5.41) is 0.798. The molecule has 1 heterocycles. The van der Waals surface area contributed by atoms with Crippen molar-refractivity contribution in [3.63, 3.8) is 0 Å². The Bertz CT molecular complexity index is 786. The van der Waals surface area contributed by atoms with E-state index in [0.717, 1.165) is 5.39 Å². The summed E-state index contributed by atoms with van der Waals surface area (Å²) in [4.78, 5) is 8.71. The third-order valence-corrected chi connectivity index (χ3v) is 3.17. The number of nitrogens with zero attached hydrogens (tertiary/aromatic N) is 2. The van der Waals surface area contributed by atoms with Crippen LogP contribution in [0.5, 0.6) is 0 Å². The molecule has 0 saturated heterocycles. The van der Waals surface area contributed by atoms with E-state index in [1.165, 1.54) is 0 Å². The summed E-state index contributed by atoms with van der Waals surface area (Å²) >= 11 is 0. The smallest absolute Gasteiger partial charge is 0.165 e. The molecule has 0 spiro atoms.